The summed E-state index contributed by atoms with van der Waals surface area (Å²) in [7, 11) is 0. The van der Waals surface area contributed by atoms with Crippen LogP contribution in [-0.2, 0) is 12.6 Å². The summed E-state index contributed by atoms with van der Waals surface area (Å²) in [5.41, 5.74) is 0.519. The monoisotopic (exact) mass is 400 g/mol. The molecule has 2 aromatic heterocycles. The highest BCUT2D eigenvalue weighted by Crippen LogP contribution is 2.47. The highest BCUT2D eigenvalue weighted by atomic mass is 35.5. The average Bonchev–Trinajstić information content (AvgIpc) is 3.03. The molecule has 10 heteroatoms. The van der Waals surface area contributed by atoms with Gasteiger partial charge in [0.05, 0.1) is 20.6 Å². The molecule has 0 spiro atoms. The Kier molecular flexibility index (Phi) is 4.25. The van der Waals surface area contributed by atoms with Crippen molar-refractivity contribution in [2.24, 2.45) is 0 Å². The number of oxazole rings is 1. The number of aromatic nitrogens is 2. The normalized spacial score (nSPS) is 12.3. The molecular formula is C13H6Cl3F3N2OS. The fraction of sp³-hybridized carbons (Fsp3) is 0.231. The predicted molar refractivity (Wildman–Crippen MR) is 84.5 cm³/mol. The lowest BCUT2D eigenvalue weighted by Gasteiger charge is -2.05. The maximum absolute atomic E-state index is 12.9. The first-order valence-corrected chi connectivity index (χ1v) is 8.14. The van der Waals surface area contributed by atoms with Crippen LogP contribution in [0.25, 0.3) is 22.4 Å². The van der Waals surface area contributed by atoms with E-state index in [0.717, 1.165) is 0 Å². The van der Waals surface area contributed by atoms with Gasteiger partial charge in [0.15, 0.2) is 11.5 Å². The largest absolute Gasteiger partial charge is 0.440 e. The lowest BCUT2D eigenvalue weighted by Crippen LogP contribution is -2.02. The van der Waals surface area contributed by atoms with Crippen molar-refractivity contribution in [3.05, 3.63) is 31.9 Å². The van der Waals surface area contributed by atoms with Crippen LogP contribution in [-0.4, -0.2) is 9.36 Å². The number of hydrogen-bond donors (Lipinski definition) is 0. The van der Waals surface area contributed by atoms with Crippen LogP contribution in [0.4, 0.5) is 13.2 Å². The van der Waals surface area contributed by atoms with E-state index in [9.17, 15) is 13.2 Å². The Balaban J connectivity index is 2.33. The zero-order valence-corrected chi connectivity index (χ0v) is 14.3. The van der Waals surface area contributed by atoms with E-state index in [2.05, 4.69) is 9.36 Å². The molecule has 0 amide bonds. The molecule has 0 saturated heterocycles. The molecule has 0 saturated carbocycles. The van der Waals surface area contributed by atoms with Crippen LogP contribution in [0.3, 0.4) is 0 Å². The van der Waals surface area contributed by atoms with Gasteiger partial charge >= 0.3 is 6.18 Å². The van der Waals surface area contributed by atoms with Gasteiger partial charge in [0, 0.05) is 6.42 Å². The van der Waals surface area contributed by atoms with E-state index in [1.165, 1.54) is 6.07 Å². The van der Waals surface area contributed by atoms with Crippen molar-refractivity contribution in [3.63, 3.8) is 0 Å². The van der Waals surface area contributed by atoms with E-state index in [4.69, 9.17) is 39.2 Å². The van der Waals surface area contributed by atoms with Gasteiger partial charge in [0.25, 0.3) is 0 Å². The van der Waals surface area contributed by atoms with Crippen molar-refractivity contribution in [3.8, 4) is 11.3 Å². The summed E-state index contributed by atoms with van der Waals surface area (Å²) in [4.78, 5) is 3.20. The maximum Gasteiger partial charge on any atom is 0.428 e. The third-order valence-electron chi connectivity index (χ3n) is 3.05. The molecule has 0 N–H and O–H groups in total. The molecule has 0 radical (unpaired) electrons. The van der Waals surface area contributed by atoms with Crippen molar-refractivity contribution in [2.75, 3.05) is 0 Å². The Labute approximate surface area is 147 Å². The van der Waals surface area contributed by atoms with Crippen molar-refractivity contribution in [2.45, 2.75) is 19.5 Å². The summed E-state index contributed by atoms with van der Waals surface area (Å²) in [6.07, 6.45) is -4.11. The molecule has 0 aliphatic carbocycles. The Morgan fingerprint density at radius 2 is 1.91 bits per heavy atom. The van der Waals surface area contributed by atoms with Gasteiger partial charge in [-0.25, -0.2) is 4.98 Å². The summed E-state index contributed by atoms with van der Waals surface area (Å²) >= 11 is 18.3. The number of rotatable bonds is 2. The minimum absolute atomic E-state index is 0.0854. The Morgan fingerprint density at radius 1 is 1.22 bits per heavy atom. The van der Waals surface area contributed by atoms with Gasteiger partial charge < -0.3 is 4.42 Å². The summed E-state index contributed by atoms with van der Waals surface area (Å²) in [5, 5.41) is -0.204. The van der Waals surface area contributed by atoms with E-state index in [0.29, 0.717) is 17.8 Å². The molecule has 0 atom stereocenters. The first-order chi connectivity index (χ1) is 10.7. The number of alkyl halides is 3. The maximum atomic E-state index is 12.9. The standard InChI is InChI=1S/C13H6Cl3F3N2OS/c1-2-6-20-9-5(15)3-4(14)7(11(9)22-6)10-8(16)12(23-21-10)13(17,18)19/h3H,2H2,1H3. The first-order valence-electron chi connectivity index (χ1n) is 6.24. The summed E-state index contributed by atoms with van der Waals surface area (Å²) < 4.78 is 48.1. The topological polar surface area (TPSA) is 38.9 Å². The molecule has 2 heterocycles. The predicted octanol–water partition coefficient (Wildman–Crippen LogP) is 6.49. The van der Waals surface area contributed by atoms with Gasteiger partial charge in [0.2, 0.25) is 0 Å². The average molecular weight is 402 g/mol. The minimum Gasteiger partial charge on any atom is -0.440 e. The Bertz CT molecular complexity index is 904. The van der Waals surface area contributed by atoms with Crippen LogP contribution in [0, 0.1) is 0 Å². The van der Waals surface area contributed by atoms with Crippen molar-refractivity contribution < 1.29 is 17.6 Å². The molecule has 3 aromatic rings. The molecule has 3 rings (SSSR count). The fourth-order valence-corrected chi connectivity index (χ4v) is 3.66. The van der Waals surface area contributed by atoms with Crippen molar-refractivity contribution in [1.29, 1.82) is 0 Å². The summed E-state index contributed by atoms with van der Waals surface area (Å²) in [5.74, 6) is 0.382. The highest BCUT2D eigenvalue weighted by molar-refractivity contribution is 7.07. The molecule has 1 aromatic carbocycles. The third-order valence-corrected chi connectivity index (χ3v) is 5.01. The number of aryl methyl sites for hydroxylation is 1. The molecule has 122 valence electrons. The number of benzene rings is 1. The summed E-state index contributed by atoms with van der Waals surface area (Å²) in [6.45, 7) is 1.82. The lowest BCUT2D eigenvalue weighted by molar-refractivity contribution is -0.134. The smallest absolute Gasteiger partial charge is 0.428 e. The molecule has 23 heavy (non-hydrogen) atoms. The van der Waals surface area contributed by atoms with Crippen LogP contribution < -0.4 is 0 Å². The molecule has 0 aliphatic rings. The lowest BCUT2D eigenvalue weighted by atomic mass is 10.1. The Hall–Kier alpha value is -1.02. The van der Waals surface area contributed by atoms with Crippen molar-refractivity contribution in [1.82, 2.24) is 9.36 Å². The zero-order valence-electron chi connectivity index (χ0n) is 11.3. The molecule has 0 aliphatic heterocycles. The van der Waals surface area contributed by atoms with Gasteiger partial charge in [0.1, 0.15) is 16.1 Å². The van der Waals surface area contributed by atoms with Gasteiger partial charge in [-0.15, -0.1) is 0 Å². The number of halogens is 6. The molecule has 3 nitrogen and oxygen atoms in total. The number of hydrogen-bond acceptors (Lipinski definition) is 4. The second-order valence-corrected chi connectivity index (χ2v) is 6.49. The van der Waals surface area contributed by atoms with Crippen LogP contribution in [0.1, 0.15) is 17.7 Å². The second-order valence-electron chi connectivity index (χ2n) is 4.53. The SMILES string of the molecule is CCc1nc2c(Cl)cc(Cl)c(-c3nsc(C(F)(F)F)c3Cl)c2o1. The second kappa shape index (κ2) is 5.81. The molecule has 0 unspecified atom stereocenters. The Morgan fingerprint density at radius 3 is 2.48 bits per heavy atom. The van der Waals surface area contributed by atoms with E-state index in [1.807, 2.05) is 6.92 Å². The fourth-order valence-electron chi connectivity index (χ4n) is 2.04. The molecular weight excluding hydrogens is 396 g/mol. The van der Waals surface area contributed by atoms with E-state index >= 15 is 0 Å². The van der Waals surface area contributed by atoms with Gasteiger partial charge in [-0.1, -0.05) is 41.7 Å². The minimum atomic E-state index is -4.60. The number of nitrogens with zero attached hydrogens (tertiary/aromatic N) is 2. The van der Waals surface area contributed by atoms with E-state index in [-0.39, 0.29) is 38.4 Å². The van der Waals surface area contributed by atoms with Gasteiger partial charge in [-0.3, -0.25) is 0 Å². The van der Waals surface area contributed by atoms with Crippen LogP contribution in [0.15, 0.2) is 10.5 Å². The number of fused-ring (bicyclic) bond motifs is 1. The van der Waals surface area contributed by atoms with Crippen LogP contribution in [0.2, 0.25) is 15.1 Å². The first kappa shape index (κ1) is 16.8. The third kappa shape index (κ3) is 2.80. The quantitative estimate of drug-likeness (QED) is 0.492. The molecule has 0 fully saturated rings. The van der Waals surface area contributed by atoms with Crippen LogP contribution >= 0.6 is 46.3 Å². The van der Waals surface area contributed by atoms with E-state index < -0.39 is 16.1 Å². The highest BCUT2D eigenvalue weighted by Gasteiger charge is 2.38. The summed E-state index contributed by atoms with van der Waals surface area (Å²) in [6, 6.07) is 1.38. The zero-order chi connectivity index (χ0) is 16.9. The van der Waals surface area contributed by atoms with E-state index in [1.54, 1.807) is 0 Å². The van der Waals surface area contributed by atoms with Gasteiger partial charge in [-0.05, 0) is 17.6 Å². The van der Waals surface area contributed by atoms with Crippen LogP contribution in [0.5, 0.6) is 0 Å². The molecule has 0 bridgehead atoms. The van der Waals surface area contributed by atoms with Crippen molar-refractivity contribution >= 4 is 57.4 Å². The van der Waals surface area contributed by atoms with Gasteiger partial charge in [-0.2, -0.15) is 17.5 Å².